The predicted molar refractivity (Wildman–Crippen MR) is 98.3 cm³/mol. The lowest BCUT2D eigenvalue weighted by molar-refractivity contribution is -0.151. The number of nitrogens with one attached hydrogen (secondary N) is 1. The minimum atomic E-state index is -0.236. The fourth-order valence-corrected chi connectivity index (χ4v) is 3.28. The van der Waals surface area contributed by atoms with E-state index in [0.717, 1.165) is 19.4 Å². The molecule has 0 bridgehead atoms. The second-order valence-electron chi connectivity index (χ2n) is 6.82. The second kappa shape index (κ2) is 9.56. The lowest BCUT2D eigenvalue weighted by Crippen LogP contribution is -2.50. The van der Waals surface area contributed by atoms with Crippen LogP contribution in [0.5, 0.6) is 0 Å². The van der Waals surface area contributed by atoms with Crippen LogP contribution in [0.4, 0.5) is 0 Å². The van der Waals surface area contributed by atoms with Crippen LogP contribution in [0.1, 0.15) is 45.1 Å². The molecule has 1 saturated heterocycles. The number of carbonyl (C=O) groups excluding carboxylic acids is 2. The largest absolute Gasteiger partial charge is 0.466 e. The van der Waals surface area contributed by atoms with Crippen molar-refractivity contribution >= 4 is 11.9 Å². The molecule has 1 aromatic rings. The molecule has 5 heteroatoms. The van der Waals surface area contributed by atoms with Gasteiger partial charge in [0.1, 0.15) is 0 Å². The van der Waals surface area contributed by atoms with E-state index in [4.69, 9.17) is 4.74 Å². The molecule has 5 nitrogen and oxygen atoms in total. The van der Waals surface area contributed by atoms with Gasteiger partial charge in [0.15, 0.2) is 0 Å². The number of esters is 1. The molecule has 3 unspecified atom stereocenters. The number of nitrogens with zero attached hydrogens (tertiary/aromatic N) is 1. The van der Waals surface area contributed by atoms with E-state index in [1.807, 2.05) is 32.0 Å². The molecular formula is C20H30N2O3. The maximum Gasteiger partial charge on any atom is 0.310 e. The number of rotatable bonds is 7. The van der Waals surface area contributed by atoms with Crippen LogP contribution < -0.4 is 5.32 Å². The van der Waals surface area contributed by atoms with Gasteiger partial charge in [0, 0.05) is 13.1 Å². The second-order valence-corrected chi connectivity index (χ2v) is 6.82. The Balaban J connectivity index is 1.83. The third-order valence-electron chi connectivity index (χ3n) is 4.95. The van der Waals surface area contributed by atoms with Crippen LogP contribution >= 0.6 is 0 Å². The quantitative estimate of drug-likeness (QED) is 0.771. The molecular weight excluding hydrogens is 316 g/mol. The molecule has 1 aromatic carbocycles. The van der Waals surface area contributed by atoms with Crippen molar-refractivity contribution in [1.82, 2.24) is 10.2 Å². The molecule has 3 atom stereocenters. The Morgan fingerprint density at radius 2 is 2.00 bits per heavy atom. The summed E-state index contributed by atoms with van der Waals surface area (Å²) < 4.78 is 5.13. The van der Waals surface area contributed by atoms with Gasteiger partial charge >= 0.3 is 5.97 Å². The van der Waals surface area contributed by atoms with Crippen LogP contribution in [-0.4, -0.2) is 49.1 Å². The Labute approximate surface area is 150 Å². The molecule has 138 valence electrons. The first-order chi connectivity index (χ1) is 12.0. The average molecular weight is 346 g/mol. The maximum absolute atomic E-state index is 12.5. The van der Waals surface area contributed by atoms with Crippen molar-refractivity contribution in [3.8, 4) is 0 Å². The van der Waals surface area contributed by atoms with Crippen molar-refractivity contribution in [3.05, 3.63) is 35.9 Å². The molecule has 1 N–H and O–H groups in total. The van der Waals surface area contributed by atoms with E-state index in [2.05, 4.69) is 29.3 Å². The van der Waals surface area contributed by atoms with Crippen molar-refractivity contribution in [2.45, 2.75) is 45.6 Å². The van der Waals surface area contributed by atoms with Crippen molar-refractivity contribution in [1.29, 1.82) is 0 Å². The van der Waals surface area contributed by atoms with Gasteiger partial charge < -0.3 is 10.1 Å². The SMILES string of the molecule is CCOC(=O)C1CCCN(C(C)C(=O)NCC(C)c2ccccc2)C1. The lowest BCUT2D eigenvalue weighted by Gasteiger charge is -2.35. The molecule has 0 aliphatic carbocycles. The molecule has 1 aliphatic rings. The van der Waals surface area contributed by atoms with Gasteiger partial charge in [0.05, 0.1) is 18.6 Å². The number of hydrogen-bond acceptors (Lipinski definition) is 4. The lowest BCUT2D eigenvalue weighted by atomic mass is 9.96. The van der Waals surface area contributed by atoms with Gasteiger partial charge in [-0.25, -0.2) is 0 Å². The first-order valence-electron chi connectivity index (χ1n) is 9.26. The van der Waals surface area contributed by atoms with Crippen LogP contribution in [0.25, 0.3) is 0 Å². The highest BCUT2D eigenvalue weighted by atomic mass is 16.5. The monoisotopic (exact) mass is 346 g/mol. The number of ether oxygens (including phenoxy) is 1. The van der Waals surface area contributed by atoms with Crippen LogP contribution in [-0.2, 0) is 14.3 Å². The third-order valence-corrected chi connectivity index (χ3v) is 4.95. The maximum atomic E-state index is 12.5. The Morgan fingerprint density at radius 1 is 1.28 bits per heavy atom. The zero-order chi connectivity index (χ0) is 18.2. The van der Waals surface area contributed by atoms with Crippen LogP contribution in [0.2, 0.25) is 0 Å². The summed E-state index contributed by atoms with van der Waals surface area (Å²) >= 11 is 0. The highest BCUT2D eigenvalue weighted by Crippen LogP contribution is 2.20. The van der Waals surface area contributed by atoms with Crippen molar-refractivity contribution < 1.29 is 14.3 Å². The van der Waals surface area contributed by atoms with E-state index in [9.17, 15) is 9.59 Å². The number of benzene rings is 1. The first kappa shape index (κ1) is 19.4. The summed E-state index contributed by atoms with van der Waals surface area (Å²) in [6.07, 6.45) is 1.76. The molecule has 1 fully saturated rings. The van der Waals surface area contributed by atoms with E-state index < -0.39 is 0 Å². The number of hydrogen-bond donors (Lipinski definition) is 1. The van der Waals surface area contributed by atoms with Crippen molar-refractivity contribution in [2.75, 3.05) is 26.2 Å². The van der Waals surface area contributed by atoms with Crippen LogP contribution in [0.3, 0.4) is 0 Å². The molecule has 1 amide bonds. The van der Waals surface area contributed by atoms with Crippen molar-refractivity contribution in [3.63, 3.8) is 0 Å². The number of piperidine rings is 1. The Kier molecular flexibility index (Phi) is 7.44. The van der Waals surface area contributed by atoms with E-state index in [1.54, 1.807) is 0 Å². The predicted octanol–water partition coefficient (Wildman–Crippen LogP) is 2.57. The van der Waals surface area contributed by atoms with Gasteiger partial charge in [0.25, 0.3) is 0 Å². The molecule has 0 spiro atoms. The minimum Gasteiger partial charge on any atom is -0.466 e. The molecule has 1 aliphatic heterocycles. The Hall–Kier alpha value is -1.88. The summed E-state index contributed by atoms with van der Waals surface area (Å²) in [5.41, 5.74) is 1.22. The van der Waals surface area contributed by atoms with Gasteiger partial charge in [-0.15, -0.1) is 0 Å². The van der Waals surface area contributed by atoms with Gasteiger partial charge in [-0.05, 0) is 44.7 Å². The number of amides is 1. The molecule has 25 heavy (non-hydrogen) atoms. The zero-order valence-corrected chi connectivity index (χ0v) is 15.5. The smallest absolute Gasteiger partial charge is 0.310 e. The van der Waals surface area contributed by atoms with Gasteiger partial charge in [-0.2, -0.15) is 0 Å². The molecule has 0 aromatic heterocycles. The zero-order valence-electron chi connectivity index (χ0n) is 15.5. The minimum absolute atomic E-state index is 0.0206. The summed E-state index contributed by atoms with van der Waals surface area (Å²) in [7, 11) is 0. The summed E-state index contributed by atoms with van der Waals surface area (Å²) in [4.78, 5) is 26.6. The summed E-state index contributed by atoms with van der Waals surface area (Å²) in [6.45, 7) is 8.31. The van der Waals surface area contributed by atoms with Gasteiger partial charge in [-0.1, -0.05) is 37.3 Å². The Bertz CT molecular complexity index is 561. The molecule has 0 saturated carbocycles. The van der Waals surface area contributed by atoms with E-state index >= 15 is 0 Å². The fourth-order valence-electron chi connectivity index (χ4n) is 3.28. The Morgan fingerprint density at radius 3 is 2.68 bits per heavy atom. The van der Waals surface area contributed by atoms with E-state index in [0.29, 0.717) is 19.7 Å². The van der Waals surface area contributed by atoms with Gasteiger partial charge in [0.2, 0.25) is 5.91 Å². The van der Waals surface area contributed by atoms with Crippen LogP contribution in [0, 0.1) is 5.92 Å². The summed E-state index contributed by atoms with van der Waals surface area (Å²) in [5.74, 6) is 0.0305. The highest BCUT2D eigenvalue weighted by Gasteiger charge is 2.31. The molecule has 2 rings (SSSR count). The van der Waals surface area contributed by atoms with Crippen molar-refractivity contribution in [2.24, 2.45) is 5.92 Å². The fraction of sp³-hybridized carbons (Fsp3) is 0.600. The average Bonchev–Trinajstić information content (AvgIpc) is 2.66. The summed E-state index contributed by atoms with van der Waals surface area (Å²) in [6, 6.07) is 9.94. The first-order valence-corrected chi connectivity index (χ1v) is 9.26. The number of likely N-dealkylation sites (tertiary alicyclic amines) is 1. The van der Waals surface area contributed by atoms with Crippen LogP contribution in [0.15, 0.2) is 30.3 Å². The summed E-state index contributed by atoms with van der Waals surface area (Å²) in [5, 5.41) is 3.05. The molecule has 0 radical (unpaired) electrons. The van der Waals surface area contributed by atoms with E-state index in [-0.39, 0.29) is 29.8 Å². The third kappa shape index (κ3) is 5.56. The number of carbonyl (C=O) groups is 2. The molecule has 1 heterocycles. The van der Waals surface area contributed by atoms with Gasteiger partial charge in [-0.3, -0.25) is 14.5 Å². The normalized spacial score (nSPS) is 20.5. The topological polar surface area (TPSA) is 58.6 Å². The van der Waals surface area contributed by atoms with E-state index in [1.165, 1.54) is 5.56 Å². The standard InChI is InChI=1S/C20H30N2O3/c1-4-25-20(24)18-11-8-12-22(14-18)16(3)19(23)21-13-15(2)17-9-6-5-7-10-17/h5-7,9-10,15-16,18H,4,8,11-14H2,1-3H3,(H,21,23). The highest BCUT2D eigenvalue weighted by molar-refractivity contribution is 5.81.